The van der Waals surface area contributed by atoms with Crippen molar-refractivity contribution >= 4 is 18.0 Å². The molecule has 2 N–H and O–H groups in total. The molecular weight excluding hydrogens is 274 g/mol. The minimum atomic E-state index is -1.02. The fourth-order valence-electron chi connectivity index (χ4n) is 1.58. The van der Waals surface area contributed by atoms with E-state index in [1.807, 2.05) is 0 Å². The summed E-state index contributed by atoms with van der Waals surface area (Å²) in [6.07, 6.45) is 2.48. The number of benzene rings is 1. The Morgan fingerprint density at radius 3 is 2.62 bits per heavy atom. The van der Waals surface area contributed by atoms with Crippen molar-refractivity contribution in [1.82, 2.24) is 15.5 Å². The van der Waals surface area contributed by atoms with Crippen LogP contribution in [0.4, 0.5) is 0 Å². The summed E-state index contributed by atoms with van der Waals surface area (Å²) in [5.41, 5.74) is 1.15. The number of rotatable bonds is 5. The normalized spacial score (nSPS) is 10.7. The molecule has 0 unspecified atom stereocenters. The summed E-state index contributed by atoms with van der Waals surface area (Å²) in [5.74, 6) is -0.457. The highest BCUT2D eigenvalue weighted by molar-refractivity contribution is 5.94. The molecule has 1 heterocycles. The molecule has 1 aromatic carbocycles. The number of aromatic nitrogens is 2. The van der Waals surface area contributed by atoms with Crippen molar-refractivity contribution in [3.8, 4) is 0 Å². The van der Waals surface area contributed by atoms with Crippen LogP contribution in [0.25, 0.3) is 6.08 Å². The molecule has 7 heteroatoms. The van der Waals surface area contributed by atoms with Gasteiger partial charge in [-0.25, -0.2) is 4.79 Å². The Balaban J connectivity index is 1.95. The van der Waals surface area contributed by atoms with E-state index in [1.54, 1.807) is 31.2 Å². The van der Waals surface area contributed by atoms with Crippen LogP contribution < -0.4 is 5.32 Å². The number of nitrogens with one attached hydrogen (secondary N) is 1. The first kappa shape index (κ1) is 14.4. The predicted octanol–water partition coefficient (Wildman–Crippen LogP) is 1.41. The van der Waals surface area contributed by atoms with Gasteiger partial charge >= 0.3 is 5.97 Å². The van der Waals surface area contributed by atoms with Crippen molar-refractivity contribution in [2.75, 3.05) is 0 Å². The molecule has 0 atom stereocenters. The molecule has 1 aromatic heterocycles. The number of carbonyl (C=O) groups is 2. The zero-order chi connectivity index (χ0) is 15.2. The maximum Gasteiger partial charge on any atom is 0.328 e. The molecule has 0 saturated heterocycles. The van der Waals surface area contributed by atoms with Crippen molar-refractivity contribution < 1.29 is 19.2 Å². The highest BCUT2D eigenvalue weighted by atomic mass is 16.5. The molecule has 0 radical (unpaired) electrons. The number of carboxylic acid groups (broad SMARTS) is 1. The second-order valence-electron chi connectivity index (χ2n) is 4.21. The van der Waals surface area contributed by atoms with Crippen LogP contribution in [0, 0.1) is 6.92 Å². The van der Waals surface area contributed by atoms with Crippen LogP contribution >= 0.6 is 0 Å². The van der Waals surface area contributed by atoms with Crippen molar-refractivity contribution in [2.45, 2.75) is 13.5 Å². The lowest BCUT2D eigenvalue weighted by atomic mass is 10.1. The minimum absolute atomic E-state index is 0.153. The second kappa shape index (κ2) is 6.47. The Kier molecular flexibility index (Phi) is 4.45. The van der Waals surface area contributed by atoms with Crippen LogP contribution in [0.1, 0.15) is 27.6 Å². The van der Waals surface area contributed by atoms with E-state index in [9.17, 15) is 9.59 Å². The summed E-state index contributed by atoms with van der Waals surface area (Å²) in [6, 6.07) is 6.53. The predicted molar refractivity (Wildman–Crippen MR) is 73.3 cm³/mol. The lowest BCUT2D eigenvalue weighted by Gasteiger charge is -2.02. The molecule has 0 bridgehead atoms. The van der Waals surface area contributed by atoms with Gasteiger partial charge in [-0.15, -0.1) is 0 Å². The van der Waals surface area contributed by atoms with Gasteiger partial charge in [0.25, 0.3) is 5.91 Å². The monoisotopic (exact) mass is 287 g/mol. The fraction of sp³-hybridized carbons (Fsp3) is 0.143. The molecule has 0 aliphatic heterocycles. The highest BCUT2D eigenvalue weighted by Gasteiger charge is 2.08. The van der Waals surface area contributed by atoms with E-state index in [4.69, 9.17) is 9.63 Å². The average molecular weight is 287 g/mol. The molecule has 21 heavy (non-hydrogen) atoms. The largest absolute Gasteiger partial charge is 0.478 e. The maximum atomic E-state index is 11.9. The Morgan fingerprint density at radius 2 is 2.05 bits per heavy atom. The standard InChI is InChI=1S/C14H13N3O4/c1-9-16-12(21-17-9)8-15-14(20)11-5-2-10(3-6-11)4-7-13(18)19/h2-7H,8H2,1H3,(H,15,20)(H,18,19). The first-order chi connectivity index (χ1) is 10.0. The fourth-order valence-corrected chi connectivity index (χ4v) is 1.58. The quantitative estimate of drug-likeness (QED) is 0.805. The van der Waals surface area contributed by atoms with Crippen LogP contribution in [0.2, 0.25) is 0 Å². The van der Waals surface area contributed by atoms with Crippen LogP contribution in [-0.2, 0) is 11.3 Å². The third-order valence-corrected chi connectivity index (χ3v) is 2.56. The average Bonchev–Trinajstić information content (AvgIpc) is 2.89. The minimum Gasteiger partial charge on any atom is -0.478 e. The van der Waals surface area contributed by atoms with Gasteiger partial charge < -0.3 is 14.9 Å². The van der Waals surface area contributed by atoms with E-state index in [0.717, 1.165) is 6.08 Å². The third kappa shape index (κ3) is 4.27. The van der Waals surface area contributed by atoms with E-state index < -0.39 is 5.97 Å². The zero-order valence-electron chi connectivity index (χ0n) is 11.2. The molecule has 1 amide bonds. The topological polar surface area (TPSA) is 105 Å². The zero-order valence-corrected chi connectivity index (χ0v) is 11.2. The van der Waals surface area contributed by atoms with Gasteiger partial charge in [-0.3, -0.25) is 4.79 Å². The van der Waals surface area contributed by atoms with Gasteiger partial charge in [-0.2, -0.15) is 4.98 Å². The van der Waals surface area contributed by atoms with Crippen molar-refractivity contribution in [3.05, 3.63) is 53.2 Å². The van der Waals surface area contributed by atoms with E-state index in [-0.39, 0.29) is 12.5 Å². The van der Waals surface area contributed by atoms with E-state index in [2.05, 4.69) is 15.5 Å². The Bertz CT molecular complexity index is 674. The van der Waals surface area contributed by atoms with Gasteiger partial charge in [0.1, 0.15) is 0 Å². The molecule has 7 nitrogen and oxygen atoms in total. The number of carbonyl (C=O) groups excluding carboxylic acids is 1. The number of nitrogens with zero attached hydrogens (tertiary/aromatic N) is 2. The van der Waals surface area contributed by atoms with Gasteiger partial charge in [0.15, 0.2) is 5.82 Å². The van der Waals surface area contributed by atoms with E-state index in [0.29, 0.717) is 22.8 Å². The van der Waals surface area contributed by atoms with Gasteiger partial charge in [0, 0.05) is 11.6 Å². The van der Waals surface area contributed by atoms with Crippen molar-refractivity contribution in [3.63, 3.8) is 0 Å². The summed E-state index contributed by atoms with van der Waals surface area (Å²) < 4.78 is 4.88. The Hall–Kier alpha value is -2.96. The number of aliphatic carboxylic acids is 1. The molecule has 0 saturated carbocycles. The van der Waals surface area contributed by atoms with Crippen LogP contribution in [0.3, 0.4) is 0 Å². The first-order valence-corrected chi connectivity index (χ1v) is 6.13. The van der Waals surface area contributed by atoms with Crippen LogP contribution in [-0.4, -0.2) is 27.1 Å². The van der Waals surface area contributed by atoms with Crippen molar-refractivity contribution in [2.24, 2.45) is 0 Å². The molecule has 0 aliphatic carbocycles. The molecule has 0 aliphatic rings. The molecule has 0 fully saturated rings. The number of hydrogen-bond acceptors (Lipinski definition) is 5. The molecular formula is C14H13N3O4. The third-order valence-electron chi connectivity index (χ3n) is 2.56. The maximum absolute atomic E-state index is 11.9. The van der Waals surface area contributed by atoms with Crippen molar-refractivity contribution in [1.29, 1.82) is 0 Å². The second-order valence-corrected chi connectivity index (χ2v) is 4.21. The van der Waals surface area contributed by atoms with E-state index in [1.165, 1.54) is 6.08 Å². The smallest absolute Gasteiger partial charge is 0.328 e. The Labute approximate surface area is 120 Å². The summed E-state index contributed by atoms with van der Waals surface area (Å²) in [6.45, 7) is 1.85. The summed E-state index contributed by atoms with van der Waals surface area (Å²) in [5, 5.41) is 14.8. The van der Waals surface area contributed by atoms with Crippen LogP contribution in [0.15, 0.2) is 34.9 Å². The number of hydrogen-bond donors (Lipinski definition) is 2. The Morgan fingerprint density at radius 1 is 1.33 bits per heavy atom. The number of aryl methyl sites for hydroxylation is 1. The summed E-state index contributed by atoms with van der Waals surface area (Å²) in [7, 11) is 0. The van der Waals surface area contributed by atoms with E-state index >= 15 is 0 Å². The molecule has 2 aromatic rings. The number of amides is 1. The summed E-state index contributed by atoms with van der Waals surface area (Å²) >= 11 is 0. The van der Waals surface area contributed by atoms with Gasteiger partial charge in [-0.05, 0) is 30.7 Å². The SMILES string of the molecule is Cc1noc(CNC(=O)c2ccc(C=CC(=O)O)cc2)n1. The van der Waals surface area contributed by atoms with Crippen LogP contribution in [0.5, 0.6) is 0 Å². The lowest BCUT2D eigenvalue weighted by molar-refractivity contribution is -0.131. The lowest BCUT2D eigenvalue weighted by Crippen LogP contribution is -2.22. The molecule has 0 spiro atoms. The molecule has 108 valence electrons. The number of carboxylic acids is 1. The summed E-state index contributed by atoms with van der Waals surface area (Å²) in [4.78, 5) is 26.3. The first-order valence-electron chi connectivity index (χ1n) is 6.13. The van der Waals surface area contributed by atoms with Gasteiger partial charge in [0.2, 0.25) is 5.89 Å². The highest BCUT2D eigenvalue weighted by Crippen LogP contribution is 2.06. The molecule has 2 rings (SSSR count). The van der Waals surface area contributed by atoms with Gasteiger partial charge in [-0.1, -0.05) is 17.3 Å². The van der Waals surface area contributed by atoms with Gasteiger partial charge in [0.05, 0.1) is 6.54 Å².